The molecule has 1 saturated carbocycles. The SMILES string of the molecule is COc1cc(/C=C(/C#N)C(=O)NC2CCCCC2)cc(I)c1OCc1ccc(C)cc1. The van der Waals surface area contributed by atoms with Gasteiger partial charge >= 0.3 is 0 Å². The van der Waals surface area contributed by atoms with Crippen molar-refractivity contribution in [2.75, 3.05) is 7.11 Å². The Kier molecular flexibility index (Phi) is 8.35. The lowest BCUT2D eigenvalue weighted by Crippen LogP contribution is -2.36. The van der Waals surface area contributed by atoms with Crippen LogP contribution in [0.1, 0.15) is 48.8 Å². The summed E-state index contributed by atoms with van der Waals surface area (Å²) in [6, 6.07) is 14.1. The summed E-state index contributed by atoms with van der Waals surface area (Å²) in [5.74, 6) is 0.893. The van der Waals surface area contributed by atoms with Gasteiger partial charge in [-0.1, -0.05) is 49.1 Å². The lowest BCUT2D eigenvalue weighted by Gasteiger charge is -2.22. The van der Waals surface area contributed by atoms with Crippen molar-refractivity contribution in [1.29, 1.82) is 5.26 Å². The Morgan fingerprint density at radius 3 is 2.58 bits per heavy atom. The quantitative estimate of drug-likeness (QED) is 0.290. The number of rotatable bonds is 7. The van der Waals surface area contributed by atoms with Crippen molar-refractivity contribution in [1.82, 2.24) is 5.32 Å². The minimum Gasteiger partial charge on any atom is -0.493 e. The van der Waals surface area contributed by atoms with E-state index < -0.39 is 0 Å². The Labute approximate surface area is 197 Å². The Balaban J connectivity index is 1.76. The summed E-state index contributed by atoms with van der Waals surface area (Å²) in [6.07, 6.45) is 7.01. The third-order valence-corrected chi connectivity index (χ3v) is 6.17. The fourth-order valence-corrected chi connectivity index (χ4v) is 4.41. The minimum atomic E-state index is -0.317. The second kappa shape index (κ2) is 11.2. The lowest BCUT2D eigenvalue weighted by molar-refractivity contribution is -0.117. The Hall–Kier alpha value is -2.53. The van der Waals surface area contributed by atoms with Crippen molar-refractivity contribution >= 4 is 34.6 Å². The highest BCUT2D eigenvalue weighted by Gasteiger charge is 2.19. The summed E-state index contributed by atoms with van der Waals surface area (Å²) in [6.45, 7) is 2.48. The average Bonchev–Trinajstić information content (AvgIpc) is 2.78. The number of nitrogens with one attached hydrogen (secondary N) is 1. The number of benzene rings is 2. The molecule has 2 aromatic carbocycles. The smallest absolute Gasteiger partial charge is 0.262 e. The number of ether oxygens (including phenoxy) is 2. The molecule has 5 nitrogen and oxygen atoms in total. The average molecular weight is 530 g/mol. The number of hydrogen-bond donors (Lipinski definition) is 1. The van der Waals surface area contributed by atoms with Gasteiger partial charge in [0.25, 0.3) is 5.91 Å². The summed E-state index contributed by atoms with van der Waals surface area (Å²) < 4.78 is 12.4. The van der Waals surface area contributed by atoms with E-state index in [1.165, 1.54) is 12.0 Å². The second-order valence-electron chi connectivity index (χ2n) is 7.79. The van der Waals surface area contributed by atoms with Gasteiger partial charge in [-0.3, -0.25) is 4.79 Å². The van der Waals surface area contributed by atoms with Crippen molar-refractivity contribution < 1.29 is 14.3 Å². The maximum Gasteiger partial charge on any atom is 0.262 e. The van der Waals surface area contributed by atoms with E-state index in [9.17, 15) is 10.1 Å². The Morgan fingerprint density at radius 2 is 1.94 bits per heavy atom. The molecular weight excluding hydrogens is 503 g/mol. The van der Waals surface area contributed by atoms with Crippen molar-refractivity contribution in [3.63, 3.8) is 0 Å². The molecule has 162 valence electrons. The zero-order valence-electron chi connectivity index (χ0n) is 17.9. The van der Waals surface area contributed by atoms with Crippen LogP contribution in [0.4, 0.5) is 0 Å². The highest BCUT2D eigenvalue weighted by molar-refractivity contribution is 14.1. The van der Waals surface area contributed by atoms with E-state index >= 15 is 0 Å². The monoisotopic (exact) mass is 530 g/mol. The molecule has 2 aromatic rings. The van der Waals surface area contributed by atoms with Crippen LogP contribution in [0.5, 0.6) is 11.5 Å². The van der Waals surface area contributed by atoms with E-state index in [-0.39, 0.29) is 17.5 Å². The first-order chi connectivity index (χ1) is 15.0. The molecule has 0 radical (unpaired) electrons. The molecule has 3 rings (SSSR count). The van der Waals surface area contributed by atoms with Crippen LogP contribution >= 0.6 is 22.6 Å². The van der Waals surface area contributed by atoms with Crippen molar-refractivity contribution in [3.05, 3.63) is 62.2 Å². The molecule has 6 heteroatoms. The lowest BCUT2D eigenvalue weighted by atomic mass is 9.95. The minimum absolute atomic E-state index is 0.0942. The summed E-state index contributed by atoms with van der Waals surface area (Å²) in [7, 11) is 1.58. The standard InChI is InChI=1S/C25H27IN2O3/c1-17-8-10-18(11-9-17)16-31-24-22(26)13-19(14-23(24)30-2)12-20(15-27)25(29)28-21-6-4-3-5-7-21/h8-14,21H,3-7,16H2,1-2H3,(H,28,29)/b20-12-. The number of halogens is 1. The van der Waals surface area contributed by atoms with Crippen LogP contribution in [0.25, 0.3) is 6.08 Å². The zero-order valence-corrected chi connectivity index (χ0v) is 20.1. The zero-order chi connectivity index (χ0) is 22.2. The molecule has 1 N–H and O–H groups in total. The Morgan fingerprint density at radius 1 is 1.23 bits per heavy atom. The first-order valence-corrected chi connectivity index (χ1v) is 11.6. The van der Waals surface area contributed by atoms with Gasteiger partial charge in [-0.05, 0) is 71.7 Å². The third kappa shape index (κ3) is 6.47. The van der Waals surface area contributed by atoms with Crippen LogP contribution in [0.15, 0.2) is 42.0 Å². The van der Waals surface area contributed by atoms with Crippen LogP contribution in [0, 0.1) is 21.8 Å². The molecule has 0 aromatic heterocycles. The van der Waals surface area contributed by atoms with Crippen LogP contribution in [-0.4, -0.2) is 19.1 Å². The summed E-state index contributed by atoms with van der Waals surface area (Å²) in [5, 5.41) is 12.5. The van der Waals surface area contributed by atoms with Gasteiger partial charge in [0.15, 0.2) is 11.5 Å². The van der Waals surface area contributed by atoms with E-state index in [4.69, 9.17) is 9.47 Å². The van der Waals surface area contributed by atoms with Gasteiger partial charge in [-0.2, -0.15) is 5.26 Å². The first-order valence-electron chi connectivity index (χ1n) is 10.5. The van der Waals surface area contributed by atoms with Gasteiger partial charge in [0.05, 0.1) is 10.7 Å². The third-order valence-electron chi connectivity index (χ3n) is 5.37. The molecule has 0 saturated heterocycles. The van der Waals surface area contributed by atoms with E-state index in [2.05, 4.69) is 40.0 Å². The second-order valence-corrected chi connectivity index (χ2v) is 8.95. The molecule has 0 unspecified atom stereocenters. The van der Waals surface area contributed by atoms with Gasteiger partial charge in [0.1, 0.15) is 18.2 Å². The molecule has 0 bridgehead atoms. The van der Waals surface area contributed by atoms with Crippen LogP contribution in [0.2, 0.25) is 0 Å². The van der Waals surface area contributed by atoms with Gasteiger partial charge in [0.2, 0.25) is 0 Å². The Bertz CT molecular complexity index is 987. The van der Waals surface area contributed by atoms with Gasteiger partial charge in [0, 0.05) is 6.04 Å². The van der Waals surface area contributed by atoms with E-state index in [1.54, 1.807) is 19.3 Å². The molecule has 31 heavy (non-hydrogen) atoms. The summed E-state index contributed by atoms with van der Waals surface area (Å²) in [4.78, 5) is 12.6. The van der Waals surface area contributed by atoms with Crippen LogP contribution < -0.4 is 14.8 Å². The number of nitrogens with zero attached hydrogens (tertiary/aromatic N) is 1. The number of carbonyl (C=O) groups is 1. The highest BCUT2D eigenvalue weighted by Crippen LogP contribution is 2.35. The molecule has 1 amide bonds. The molecule has 1 aliphatic rings. The van der Waals surface area contributed by atoms with Crippen LogP contribution in [0.3, 0.4) is 0 Å². The molecule has 0 heterocycles. The number of hydrogen-bond acceptors (Lipinski definition) is 4. The van der Waals surface area contributed by atoms with Gasteiger partial charge in [-0.25, -0.2) is 0 Å². The summed E-state index contributed by atoms with van der Waals surface area (Å²) in [5.41, 5.74) is 3.09. The molecule has 1 aliphatic carbocycles. The largest absolute Gasteiger partial charge is 0.493 e. The van der Waals surface area contributed by atoms with Crippen molar-refractivity contribution in [2.24, 2.45) is 0 Å². The maximum atomic E-state index is 12.6. The maximum absolute atomic E-state index is 12.6. The van der Waals surface area contributed by atoms with Crippen molar-refractivity contribution in [2.45, 2.75) is 51.7 Å². The number of methoxy groups -OCH3 is 1. The molecule has 0 atom stereocenters. The molecular formula is C25H27IN2O3. The normalized spacial score (nSPS) is 14.6. The molecule has 0 aliphatic heterocycles. The van der Waals surface area contributed by atoms with Gasteiger partial charge < -0.3 is 14.8 Å². The highest BCUT2D eigenvalue weighted by atomic mass is 127. The van der Waals surface area contributed by atoms with E-state index in [0.717, 1.165) is 40.4 Å². The predicted octanol–water partition coefficient (Wildman–Crippen LogP) is 5.54. The fourth-order valence-electron chi connectivity index (χ4n) is 3.63. The number of aryl methyl sites for hydroxylation is 1. The predicted molar refractivity (Wildman–Crippen MR) is 130 cm³/mol. The topological polar surface area (TPSA) is 71.3 Å². The summed E-state index contributed by atoms with van der Waals surface area (Å²) >= 11 is 2.19. The van der Waals surface area contributed by atoms with Gasteiger partial charge in [-0.15, -0.1) is 0 Å². The van der Waals surface area contributed by atoms with E-state index in [1.807, 2.05) is 31.2 Å². The first kappa shape index (κ1) is 23.1. The van der Waals surface area contributed by atoms with Crippen LogP contribution in [-0.2, 0) is 11.4 Å². The number of carbonyl (C=O) groups excluding carboxylic acids is 1. The fraction of sp³-hybridized carbons (Fsp3) is 0.360. The molecule has 0 spiro atoms. The van der Waals surface area contributed by atoms with E-state index in [0.29, 0.717) is 18.1 Å². The number of amides is 1. The number of nitriles is 1. The molecule has 1 fully saturated rings. The van der Waals surface area contributed by atoms with Crippen molar-refractivity contribution in [3.8, 4) is 17.6 Å².